The van der Waals surface area contributed by atoms with Crippen LogP contribution in [0.5, 0.6) is 5.75 Å². The monoisotopic (exact) mass is 425 g/mol. The van der Waals surface area contributed by atoms with Crippen LogP contribution >= 0.6 is 0 Å². The number of benzene rings is 3. The summed E-state index contributed by atoms with van der Waals surface area (Å²) >= 11 is 0. The van der Waals surface area contributed by atoms with Crippen LogP contribution in [0.15, 0.2) is 97.3 Å². The fraction of sp³-hybridized carbons (Fsp3) is 0.115. The number of nitrogens with zero attached hydrogens (tertiary/aromatic N) is 3. The fourth-order valence-corrected chi connectivity index (χ4v) is 3.24. The van der Waals surface area contributed by atoms with Gasteiger partial charge in [0, 0.05) is 36.5 Å². The van der Waals surface area contributed by atoms with Crippen LogP contribution in [-0.2, 0) is 11.3 Å². The Balaban J connectivity index is 1.30. The molecule has 4 aromatic rings. The summed E-state index contributed by atoms with van der Waals surface area (Å²) in [6.45, 7) is 0.342. The minimum Gasteiger partial charge on any atom is -0.484 e. The molecule has 0 aliphatic rings. The van der Waals surface area contributed by atoms with Crippen LogP contribution in [0.3, 0.4) is 0 Å². The Kier molecular flexibility index (Phi) is 6.41. The Labute approximate surface area is 186 Å². The van der Waals surface area contributed by atoms with Crippen LogP contribution in [0.1, 0.15) is 21.5 Å². The van der Waals surface area contributed by atoms with Gasteiger partial charge in [0.05, 0.1) is 11.9 Å². The van der Waals surface area contributed by atoms with Crippen molar-refractivity contribution in [2.75, 3.05) is 13.7 Å². The first-order valence-electron chi connectivity index (χ1n) is 10.3. The van der Waals surface area contributed by atoms with E-state index in [0.717, 1.165) is 11.3 Å². The molecule has 0 aliphatic heterocycles. The average molecular weight is 425 g/mol. The van der Waals surface area contributed by atoms with Crippen molar-refractivity contribution in [1.29, 1.82) is 0 Å². The molecular formula is C26H23N3O3. The van der Waals surface area contributed by atoms with Gasteiger partial charge in [0.15, 0.2) is 12.4 Å². The van der Waals surface area contributed by atoms with E-state index in [2.05, 4.69) is 5.10 Å². The van der Waals surface area contributed by atoms with E-state index in [0.29, 0.717) is 23.4 Å². The predicted octanol–water partition coefficient (Wildman–Crippen LogP) is 4.14. The number of para-hydroxylation sites is 1. The molecular weight excluding hydrogens is 402 g/mol. The van der Waals surface area contributed by atoms with Crippen molar-refractivity contribution in [3.8, 4) is 11.4 Å². The topological polar surface area (TPSA) is 64.4 Å². The van der Waals surface area contributed by atoms with Gasteiger partial charge in [0.25, 0.3) is 5.91 Å². The van der Waals surface area contributed by atoms with Crippen molar-refractivity contribution in [2.45, 2.75) is 6.54 Å². The second-order valence-corrected chi connectivity index (χ2v) is 7.39. The van der Waals surface area contributed by atoms with Gasteiger partial charge in [-0.1, -0.05) is 48.5 Å². The second-order valence-electron chi connectivity index (χ2n) is 7.39. The molecule has 1 aromatic heterocycles. The summed E-state index contributed by atoms with van der Waals surface area (Å²) in [7, 11) is 1.73. The molecule has 0 aliphatic carbocycles. The lowest BCUT2D eigenvalue weighted by atomic mass is 10.0. The third kappa shape index (κ3) is 5.10. The molecule has 0 saturated carbocycles. The lowest BCUT2D eigenvalue weighted by Gasteiger charge is -2.16. The van der Waals surface area contributed by atoms with E-state index in [-0.39, 0.29) is 18.3 Å². The highest BCUT2D eigenvalue weighted by Gasteiger charge is 2.13. The number of carbonyl (C=O) groups excluding carboxylic acids is 2. The van der Waals surface area contributed by atoms with Gasteiger partial charge in [0.1, 0.15) is 5.75 Å². The molecule has 0 radical (unpaired) electrons. The van der Waals surface area contributed by atoms with Crippen molar-refractivity contribution in [3.05, 3.63) is 114 Å². The standard InChI is InChI=1S/C26H23N3O3/c1-28(17-20-16-27-29(18-20)23-10-6-3-7-11-23)25(30)19-32-24-14-12-22(13-15-24)26(31)21-8-4-2-5-9-21/h2-16,18H,17,19H2,1H3. The van der Waals surface area contributed by atoms with Crippen molar-refractivity contribution in [3.63, 3.8) is 0 Å². The van der Waals surface area contributed by atoms with E-state index in [1.165, 1.54) is 0 Å². The van der Waals surface area contributed by atoms with E-state index in [1.54, 1.807) is 59.2 Å². The number of likely N-dealkylation sites (N-methyl/N-ethyl adjacent to an activating group) is 1. The Morgan fingerprint density at radius 2 is 1.50 bits per heavy atom. The molecule has 0 atom stereocenters. The fourth-order valence-electron chi connectivity index (χ4n) is 3.24. The maximum atomic E-state index is 12.5. The van der Waals surface area contributed by atoms with E-state index in [9.17, 15) is 9.59 Å². The molecule has 6 nitrogen and oxygen atoms in total. The first-order valence-corrected chi connectivity index (χ1v) is 10.3. The van der Waals surface area contributed by atoms with Crippen LogP contribution in [-0.4, -0.2) is 40.0 Å². The van der Waals surface area contributed by atoms with Crippen LogP contribution in [0, 0.1) is 0 Å². The van der Waals surface area contributed by atoms with Gasteiger partial charge in [-0.2, -0.15) is 5.10 Å². The summed E-state index contributed by atoms with van der Waals surface area (Å²) in [5, 5.41) is 4.36. The summed E-state index contributed by atoms with van der Waals surface area (Å²) in [6.07, 6.45) is 3.66. The zero-order valence-electron chi connectivity index (χ0n) is 17.7. The largest absolute Gasteiger partial charge is 0.484 e. The number of ether oxygens (including phenoxy) is 1. The zero-order valence-corrected chi connectivity index (χ0v) is 17.7. The molecule has 6 heteroatoms. The molecule has 0 spiro atoms. The number of hydrogen-bond acceptors (Lipinski definition) is 4. The maximum Gasteiger partial charge on any atom is 0.260 e. The number of hydrogen-bond donors (Lipinski definition) is 0. The molecule has 160 valence electrons. The molecule has 3 aromatic carbocycles. The lowest BCUT2D eigenvalue weighted by Crippen LogP contribution is -2.30. The second kappa shape index (κ2) is 9.75. The molecule has 0 saturated heterocycles. The summed E-state index contributed by atoms with van der Waals surface area (Å²) in [5.41, 5.74) is 3.09. The highest BCUT2D eigenvalue weighted by Crippen LogP contribution is 2.16. The third-order valence-corrected chi connectivity index (χ3v) is 5.02. The number of carbonyl (C=O) groups is 2. The quantitative estimate of drug-likeness (QED) is 0.398. The molecule has 32 heavy (non-hydrogen) atoms. The maximum absolute atomic E-state index is 12.5. The van der Waals surface area contributed by atoms with Gasteiger partial charge in [-0.3, -0.25) is 9.59 Å². The third-order valence-electron chi connectivity index (χ3n) is 5.02. The lowest BCUT2D eigenvalue weighted by molar-refractivity contribution is -0.132. The van der Waals surface area contributed by atoms with Gasteiger partial charge in [0.2, 0.25) is 0 Å². The van der Waals surface area contributed by atoms with Gasteiger partial charge in [-0.15, -0.1) is 0 Å². The first-order chi connectivity index (χ1) is 15.6. The molecule has 0 fully saturated rings. The summed E-state index contributed by atoms with van der Waals surface area (Å²) in [6, 6.07) is 25.7. The molecule has 0 bridgehead atoms. The van der Waals surface area contributed by atoms with Crippen LogP contribution < -0.4 is 4.74 Å². The van der Waals surface area contributed by atoms with Crippen molar-refractivity contribution in [1.82, 2.24) is 14.7 Å². The molecule has 4 rings (SSSR count). The Hall–Kier alpha value is -4.19. The van der Waals surface area contributed by atoms with Crippen LogP contribution in [0.25, 0.3) is 5.69 Å². The Morgan fingerprint density at radius 1 is 0.875 bits per heavy atom. The minimum atomic E-state index is -0.151. The average Bonchev–Trinajstić information content (AvgIpc) is 3.32. The van der Waals surface area contributed by atoms with Crippen molar-refractivity contribution in [2.24, 2.45) is 0 Å². The minimum absolute atomic E-state index is 0.0518. The number of ketones is 1. The normalized spacial score (nSPS) is 10.5. The van der Waals surface area contributed by atoms with Gasteiger partial charge < -0.3 is 9.64 Å². The van der Waals surface area contributed by atoms with E-state index < -0.39 is 0 Å². The number of rotatable bonds is 8. The van der Waals surface area contributed by atoms with E-state index in [4.69, 9.17) is 4.74 Å². The first kappa shape index (κ1) is 21.1. The SMILES string of the molecule is CN(Cc1cnn(-c2ccccc2)c1)C(=O)COc1ccc(C(=O)c2ccccc2)cc1. The summed E-state index contributed by atoms with van der Waals surface area (Å²) < 4.78 is 7.40. The van der Waals surface area contributed by atoms with Gasteiger partial charge >= 0.3 is 0 Å². The predicted molar refractivity (Wildman–Crippen MR) is 122 cm³/mol. The highest BCUT2D eigenvalue weighted by molar-refractivity contribution is 6.08. The van der Waals surface area contributed by atoms with E-state index in [1.807, 2.05) is 54.7 Å². The van der Waals surface area contributed by atoms with Crippen LogP contribution in [0.4, 0.5) is 0 Å². The zero-order chi connectivity index (χ0) is 22.3. The molecule has 0 unspecified atom stereocenters. The van der Waals surface area contributed by atoms with Crippen molar-refractivity contribution < 1.29 is 14.3 Å². The summed E-state index contributed by atoms with van der Waals surface area (Å²) in [4.78, 5) is 26.5. The highest BCUT2D eigenvalue weighted by atomic mass is 16.5. The Bertz CT molecular complexity index is 1190. The molecule has 0 N–H and O–H groups in total. The molecule has 1 heterocycles. The Morgan fingerprint density at radius 3 is 2.19 bits per heavy atom. The van der Waals surface area contributed by atoms with Crippen LogP contribution in [0.2, 0.25) is 0 Å². The van der Waals surface area contributed by atoms with Gasteiger partial charge in [-0.25, -0.2) is 4.68 Å². The smallest absolute Gasteiger partial charge is 0.260 e. The number of amides is 1. The van der Waals surface area contributed by atoms with Crippen molar-refractivity contribution >= 4 is 11.7 Å². The number of aromatic nitrogens is 2. The van der Waals surface area contributed by atoms with Gasteiger partial charge in [-0.05, 0) is 36.4 Å². The summed E-state index contributed by atoms with van der Waals surface area (Å²) in [5.74, 6) is 0.333. The molecule has 1 amide bonds. The van der Waals surface area contributed by atoms with E-state index >= 15 is 0 Å².